The molecule has 11 heteroatoms. The minimum Gasteiger partial charge on any atom is -0.495 e. The third-order valence-electron chi connectivity index (χ3n) is 4.82. The molecule has 0 atom stereocenters. The van der Waals surface area contributed by atoms with Gasteiger partial charge in [0.1, 0.15) is 5.75 Å². The van der Waals surface area contributed by atoms with Gasteiger partial charge in [-0.05, 0) is 55.5 Å². The summed E-state index contributed by atoms with van der Waals surface area (Å²) in [7, 11) is 2.83. The summed E-state index contributed by atoms with van der Waals surface area (Å²) in [5.41, 5.74) is 3.53. The Morgan fingerprint density at radius 1 is 0.833 bits per heavy atom. The maximum Gasteiger partial charge on any atom is 0.345 e. The molecule has 0 heterocycles. The first kappa shape index (κ1) is 26.5. The number of hydrazone groups is 1. The van der Waals surface area contributed by atoms with Crippen molar-refractivity contribution in [2.45, 2.75) is 6.92 Å². The molecule has 0 spiro atoms. The molecule has 0 aliphatic rings. The van der Waals surface area contributed by atoms with Gasteiger partial charge in [-0.3, -0.25) is 9.59 Å². The second-order valence-electron chi connectivity index (χ2n) is 7.17. The Labute approximate surface area is 216 Å². The van der Waals surface area contributed by atoms with Crippen molar-refractivity contribution >= 4 is 52.4 Å². The van der Waals surface area contributed by atoms with Crippen LogP contribution in [0.15, 0.2) is 65.8 Å². The van der Waals surface area contributed by atoms with Crippen LogP contribution in [0.3, 0.4) is 0 Å². The van der Waals surface area contributed by atoms with Gasteiger partial charge in [0.05, 0.1) is 36.2 Å². The molecule has 0 aliphatic heterocycles. The van der Waals surface area contributed by atoms with Crippen molar-refractivity contribution in [1.29, 1.82) is 0 Å². The van der Waals surface area contributed by atoms with Crippen LogP contribution in [0, 0.1) is 0 Å². The van der Waals surface area contributed by atoms with E-state index in [-0.39, 0.29) is 27.8 Å². The fourth-order valence-electron chi connectivity index (χ4n) is 2.97. The lowest BCUT2D eigenvalue weighted by Gasteiger charge is -2.12. The van der Waals surface area contributed by atoms with Crippen LogP contribution < -0.4 is 25.0 Å². The molecule has 0 unspecified atom stereocenters. The summed E-state index contributed by atoms with van der Waals surface area (Å²) in [6.45, 7) is 1.61. The SMILES string of the molecule is COc1ccc(Cl)cc1NC(=O)C(=O)N/N=C(\C)c1ccc(OC(=O)c2ccccc2Cl)c(OC)c1. The fourth-order valence-corrected chi connectivity index (χ4v) is 3.35. The summed E-state index contributed by atoms with van der Waals surface area (Å²) in [4.78, 5) is 37.0. The summed E-state index contributed by atoms with van der Waals surface area (Å²) in [5.74, 6) is -1.87. The summed E-state index contributed by atoms with van der Waals surface area (Å²) >= 11 is 12.0. The summed E-state index contributed by atoms with van der Waals surface area (Å²) in [5, 5.41) is 7.00. The maximum absolute atomic E-state index is 12.5. The highest BCUT2D eigenvalue weighted by molar-refractivity contribution is 6.40. The second kappa shape index (κ2) is 12.1. The maximum atomic E-state index is 12.5. The molecule has 2 N–H and O–H groups in total. The first-order valence-corrected chi connectivity index (χ1v) is 11.1. The number of methoxy groups -OCH3 is 2. The van der Waals surface area contributed by atoms with Crippen LogP contribution in [0.5, 0.6) is 17.2 Å². The molecule has 0 saturated carbocycles. The Morgan fingerprint density at radius 3 is 2.22 bits per heavy atom. The Morgan fingerprint density at radius 2 is 1.53 bits per heavy atom. The van der Waals surface area contributed by atoms with E-state index < -0.39 is 17.8 Å². The molecule has 9 nitrogen and oxygen atoms in total. The van der Waals surface area contributed by atoms with E-state index >= 15 is 0 Å². The number of hydrogen-bond acceptors (Lipinski definition) is 7. The van der Waals surface area contributed by atoms with Crippen LogP contribution in [0.1, 0.15) is 22.8 Å². The van der Waals surface area contributed by atoms with Gasteiger partial charge in [0.15, 0.2) is 11.5 Å². The van der Waals surface area contributed by atoms with Crippen LogP contribution in [0.25, 0.3) is 0 Å². The lowest BCUT2D eigenvalue weighted by Crippen LogP contribution is -2.33. The molecule has 0 aromatic heterocycles. The van der Waals surface area contributed by atoms with Crippen molar-refractivity contribution in [2.75, 3.05) is 19.5 Å². The van der Waals surface area contributed by atoms with E-state index in [2.05, 4.69) is 15.8 Å². The van der Waals surface area contributed by atoms with Gasteiger partial charge in [0, 0.05) is 10.6 Å². The van der Waals surface area contributed by atoms with Crippen LogP contribution in [-0.4, -0.2) is 37.7 Å². The lowest BCUT2D eigenvalue weighted by molar-refractivity contribution is -0.136. The highest BCUT2D eigenvalue weighted by Gasteiger charge is 2.18. The van der Waals surface area contributed by atoms with Crippen LogP contribution in [-0.2, 0) is 9.59 Å². The summed E-state index contributed by atoms with van der Waals surface area (Å²) in [6, 6.07) is 15.8. The van der Waals surface area contributed by atoms with Gasteiger partial charge < -0.3 is 19.5 Å². The number of benzene rings is 3. The van der Waals surface area contributed by atoms with Gasteiger partial charge in [-0.2, -0.15) is 5.10 Å². The van der Waals surface area contributed by atoms with Gasteiger partial charge in [-0.1, -0.05) is 35.3 Å². The molecule has 36 heavy (non-hydrogen) atoms. The summed E-state index contributed by atoms with van der Waals surface area (Å²) in [6.07, 6.45) is 0. The monoisotopic (exact) mass is 529 g/mol. The first-order valence-electron chi connectivity index (χ1n) is 10.4. The number of anilines is 1. The van der Waals surface area contributed by atoms with Gasteiger partial charge in [-0.25, -0.2) is 10.2 Å². The number of carbonyl (C=O) groups is 3. The number of carbonyl (C=O) groups excluding carboxylic acids is 3. The van der Waals surface area contributed by atoms with Gasteiger partial charge in [0.25, 0.3) is 0 Å². The number of halogens is 2. The topological polar surface area (TPSA) is 115 Å². The molecular formula is C25H21Cl2N3O6. The number of esters is 1. The average molecular weight is 530 g/mol. The predicted octanol–water partition coefficient (Wildman–Crippen LogP) is 4.71. The molecule has 2 amide bonds. The zero-order valence-electron chi connectivity index (χ0n) is 19.4. The van der Waals surface area contributed by atoms with Crippen molar-refractivity contribution in [1.82, 2.24) is 5.43 Å². The Kier molecular flexibility index (Phi) is 8.88. The van der Waals surface area contributed by atoms with E-state index in [1.807, 2.05) is 0 Å². The highest BCUT2D eigenvalue weighted by atomic mass is 35.5. The standard InChI is InChI=1S/C25H21Cl2N3O6/c1-14(29-30-24(32)23(31)28-19-13-16(26)9-11-20(19)34-2)15-8-10-21(22(12-15)35-3)36-25(33)17-6-4-5-7-18(17)27/h4-13H,1-3H3,(H,28,31)(H,30,32)/b29-14+. The molecule has 3 aromatic carbocycles. The Hall–Kier alpha value is -4.08. The number of nitrogens with one attached hydrogen (secondary N) is 2. The van der Waals surface area contributed by atoms with E-state index in [0.29, 0.717) is 22.0 Å². The van der Waals surface area contributed by atoms with Crippen molar-refractivity contribution in [3.05, 3.63) is 81.8 Å². The van der Waals surface area contributed by atoms with E-state index in [1.54, 1.807) is 55.5 Å². The molecule has 0 radical (unpaired) electrons. The highest BCUT2D eigenvalue weighted by Crippen LogP contribution is 2.30. The van der Waals surface area contributed by atoms with Crippen molar-refractivity contribution < 1.29 is 28.6 Å². The third-order valence-corrected chi connectivity index (χ3v) is 5.38. The van der Waals surface area contributed by atoms with Crippen molar-refractivity contribution in [2.24, 2.45) is 5.10 Å². The molecule has 186 valence electrons. The Bertz CT molecular complexity index is 1340. The van der Waals surface area contributed by atoms with Crippen LogP contribution in [0.4, 0.5) is 5.69 Å². The normalized spacial score (nSPS) is 10.9. The number of nitrogens with zero attached hydrogens (tertiary/aromatic N) is 1. The molecular weight excluding hydrogens is 509 g/mol. The molecule has 3 aromatic rings. The average Bonchev–Trinajstić information content (AvgIpc) is 2.87. The molecule has 0 saturated heterocycles. The molecule has 0 fully saturated rings. The fraction of sp³-hybridized carbons (Fsp3) is 0.120. The largest absolute Gasteiger partial charge is 0.495 e. The zero-order valence-corrected chi connectivity index (χ0v) is 20.9. The van der Waals surface area contributed by atoms with Gasteiger partial charge >= 0.3 is 17.8 Å². The second-order valence-corrected chi connectivity index (χ2v) is 8.02. The van der Waals surface area contributed by atoms with Crippen LogP contribution >= 0.6 is 23.2 Å². The molecule has 3 rings (SSSR count). The lowest BCUT2D eigenvalue weighted by atomic mass is 10.1. The third kappa shape index (κ3) is 6.53. The minimum atomic E-state index is -1.01. The Balaban J connectivity index is 1.69. The van der Waals surface area contributed by atoms with Gasteiger partial charge in [-0.15, -0.1) is 0 Å². The number of amides is 2. The summed E-state index contributed by atoms with van der Waals surface area (Å²) < 4.78 is 15.9. The first-order chi connectivity index (χ1) is 17.2. The van der Waals surface area contributed by atoms with Crippen molar-refractivity contribution in [3.63, 3.8) is 0 Å². The molecule has 0 bridgehead atoms. The van der Waals surface area contributed by atoms with E-state index in [9.17, 15) is 14.4 Å². The van der Waals surface area contributed by atoms with Crippen LogP contribution in [0.2, 0.25) is 10.0 Å². The zero-order chi connectivity index (χ0) is 26.2. The predicted molar refractivity (Wildman–Crippen MR) is 136 cm³/mol. The number of hydrogen-bond donors (Lipinski definition) is 2. The van der Waals surface area contributed by atoms with E-state index in [4.69, 9.17) is 37.4 Å². The van der Waals surface area contributed by atoms with E-state index in [1.165, 1.54) is 26.4 Å². The number of ether oxygens (including phenoxy) is 3. The van der Waals surface area contributed by atoms with Crippen molar-refractivity contribution in [3.8, 4) is 17.2 Å². The smallest absolute Gasteiger partial charge is 0.345 e. The van der Waals surface area contributed by atoms with E-state index in [0.717, 1.165) is 0 Å². The number of rotatable bonds is 7. The quantitative estimate of drug-likeness (QED) is 0.150. The van der Waals surface area contributed by atoms with Gasteiger partial charge in [0.2, 0.25) is 0 Å². The molecule has 0 aliphatic carbocycles. The minimum absolute atomic E-state index is 0.165.